The highest BCUT2D eigenvalue weighted by molar-refractivity contribution is 9.10. The molecule has 6 heteroatoms. The molecule has 1 heterocycles. The van der Waals surface area contributed by atoms with Gasteiger partial charge in [0.25, 0.3) is 5.91 Å². The first kappa shape index (κ1) is 13.9. The SMILES string of the molecule is Nc1cc(Br)cc(C(=O)N2CCC[C@@H](C(=O)O)C2)c1. The number of benzene rings is 1. The number of halogens is 1. The Kier molecular flexibility index (Phi) is 4.09. The number of carboxylic acid groups (broad SMARTS) is 1. The van der Waals surface area contributed by atoms with Gasteiger partial charge >= 0.3 is 5.97 Å². The summed E-state index contributed by atoms with van der Waals surface area (Å²) in [6.45, 7) is 0.857. The zero-order chi connectivity index (χ0) is 14.0. The smallest absolute Gasteiger partial charge is 0.308 e. The van der Waals surface area contributed by atoms with E-state index in [4.69, 9.17) is 10.8 Å². The molecule has 2 rings (SSSR count). The van der Waals surface area contributed by atoms with Gasteiger partial charge in [-0.05, 0) is 31.0 Å². The Balaban J connectivity index is 2.16. The predicted octanol–water partition coefficient (Wildman–Crippen LogP) is 1.97. The van der Waals surface area contributed by atoms with Gasteiger partial charge in [0.1, 0.15) is 0 Å². The number of amides is 1. The number of nitrogens with zero attached hydrogens (tertiary/aromatic N) is 1. The van der Waals surface area contributed by atoms with Gasteiger partial charge in [0.05, 0.1) is 5.92 Å². The van der Waals surface area contributed by atoms with E-state index in [1.807, 2.05) is 0 Å². The fourth-order valence-electron chi connectivity index (χ4n) is 2.28. The minimum absolute atomic E-state index is 0.168. The van der Waals surface area contributed by atoms with E-state index in [0.29, 0.717) is 30.6 Å². The lowest BCUT2D eigenvalue weighted by Crippen LogP contribution is -2.42. The lowest BCUT2D eigenvalue weighted by atomic mass is 9.97. The zero-order valence-electron chi connectivity index (χ0n) is 10.3. The van der Waals surface area contributed by atoms with Crippen molar-refractivity contribution >= 4 is 33.5 Å². The van der Waals surface area contributed by atoms with Crippen LogP contribution in [-0.4, -0.2) is 35.0 Å². The van der Waals surface area contributed by atoms with E-state index in [1.54, 1.807) is 23.1 Å². The van der Waals surface area contributed by atoms with Crippen molar-refractivity contribution < 1.29 is 14.7 Å². The summed E-state index contributed by atoms with van der Waals surface area (Å²) >= 11 is 3.30. The van der Waals surface area contributed by atoms with Crippen LogP contribution in [0.3, 0.4) is 0 Å². The number of aliphatic carboxylic acids is 1. The zero-order valence-corrected chi connectivity index (χ0v) is 11.9. The highest BCUT2D eigenvalue weighted by Crippen LogP contribution is 2.22. The maximum atomic E-state index is 12.3. The summed E-state index contributed by atoms with van der Waals surface area (Å²) in [5.74, 6) is -1.48. The van der Waals surface area contributed by atoms with Crippen LogP contribution in [0.5, 0.6) is 0 Å². The van der Waals surface area contributed by atoms with Crippen LogP contribution in [0.25, 0.3) is 0 Å². The molecule has 1 saturated heterocycles. The Morgan fingerprint density at radius 1 is 1.37 bits per heavy atom. The number of rotatable bonds is 2. The van der Waals surface area contributed by atoms with Crippen molar-refractivity contribution in [1.29, 1.82) is 0 Å². The second-order valence-electron chi connectivity index (χ2n) is 4.70. The van der Waals surface area contributed by atoms with Crippen molar-refractivity contribution in [2.45, 2.75) is 12.8 Å². The first-order valence-electron chi connectivity index (χ1n) is 6.05. The predicted molar refractivity (Wildman–Crippen MR) is 74.8 cm³/mol. The molecule has 1 amide bonds. The second-order valence-corrected chi connectivity index (χ2v) is 5.62. The van der Waals surface area contributed by atoms with Gasteiger partial charge in [-0.1, -0.05) is 15.9 Å². The van der Waals surface area contributed by atoms with E-state index in [2.05, 4.69) is 15.9 Å². The van der Waals surface area contributed by atoms with Gasteiger partial charge in [-0.25, -0.2) is 0 Å². The fourth-order valence-corrected chi connectivity index (χ4v) is 2.79. The summed E-state index contributed by atoms with van der Waals surface area (Å²) in [6.07, 6.45) is 1.34. The lowest BCUT2D eigenvalue weighted by Gasteiger charge is -2.30. The molecule has 1 aliphatic rings. The van der Waals surface area contributed by atoms with E-state index in [0.717, 1.165) is 4.47 Å². The summed E-state index contributed by atoms with van der Waals surface area (Å²) in [6, 6.07) is 5.02. The van der Waals surface area contributed by atoms with Gasteiger partial charge < -0.3 is 15.7 Å². The quantitative estimate of drug-likeness (QED) is 0.814. The molecule has 0 saturated carbocycles. The molecule has 1 aromatic rings. The van der Waals surface area contributed by atoms with Crippen LogP contribution in [0.1, 0.15) is 23.2 Å². The van der Waals surface area contributed by atoms with Crippen LogP contribution in [0.2, 0.25) is 0 Å². The van der Waals surface area contributed by atoms with Crippen molar-refractivity contribution in [3.63, 3.8) is 0 Å². The van der Waals surface area contributed by atoms with Gasteiger partial charge in [-0.2, -0.15) is 0 Å². The van der Waals surface area contributed by atoms with Gasteiger partial charge in [0.2, 0.25) is 0 Å². The molecular formula is C13H15BrN2O3. The molecule has 102 valence electrons. The first-order valence-corrected chi connectivity index (χ1v) is 6.85. The maximum absolute atomic E-state index is 12.3. The van der Waals surface area contributed by atoms with Crippen LogP contribution in [0, 0.1) is 5.92 Å². The highest BCUT2D eigenvalue weighted by Gasteiger charge is 2.28. The molecule has 1 fully saturated rings. The van der Waals surface area contributed by atoms with Crippen molar-refractivity contribution in [3.05, 3.63) is 28.2 Å². The van der Waals surface area contributed by atoms with Crippen LogP contribution < -0.4 is 5.73 Å². The molecular weight excluding hydrogens is 312 g/mol. The number of anilines is 1. The third kappa shape index (κ3) is 3.26. The average molecular weight is 327 g/mol. The number of carbonyl (C=O) groups excluding carboxylic acids is 1. The molecule has 19 heavy (non-hydrogen) atoms. The molecule has 1 aromatic carbocycles. The van der Waals surface area contributed by atoms with Gasteiger partial charge in [0.15, 0.2) is 0 Å². The van der Waals surface area contributed by atoms with Crippen molar-refractivity contribution in [1.82, 2.24) is 4.90 Å². The first-order chi connectivity index (χ1) is 8.97. The lowest BCUT2D eigenvalue weighted by molar-refractivity contribution is -0.143. The molecule has 0 aromatic heterocycles. The third-order valence-electron chi connectivity index (χ3n) is 3.22. The van der Waals surface area contributed by atoms with E-state index in [-0.39, 0.29) is 12.5 Å². The maximum Gasteiger partial charge on any atom is 0.308 e. The minimum Gasteiger partial charge on any atom is -0.481 e. The Morgan fingerprint density at radius 2 is 2.11 bits per heavy atom. The monoisotopic (exact) mass is 326 g/mol. The normalized spacial score (nSPS) is 19.2. The number of piperidine rings is 1. The van der Waals surface area contributed by atoms with E-state index >= 15 is 0 Å². The number of hydrogen-bond acceptors (Lipinski definition) is 3. The number of hydrogen-bond donors (Lipinski definition) is 2. The molecule has 3 N–H and O–H groups in total. The Hall–Kier alpha value is -1.56. The molecule has 5 nitrogen and oxygen atoms in total. The minimum atomic E-state index is -0.841. The van der Waals surface area contributed by atoms with Crippen LogP contribution >= 0.6 is 15.9 Å². The largest absolute Gasteiger partial charge is 0.481 e. The van der Waals surface area contributed by atoms with Crippen molar-refractivity contribution in [2.24, 2.45) is 5.92 Å². The third-order valence-corrected chi connectivity index (χ3v) is 3.68. The van der Waals surface area contributed by atoms with E-state index in [1.165, 1.54) is 0 Å². The Bertz CT molecular complexity index is 498. The topological polar surface area (TPSA) is 83.6 Å². The van der Waals surface area contributed by atoms with E-state index in [9.17, 15) is 9.59 Å². The van der Waals surface area contributed by atoms with Crippen molar-refractivity contribution in [2.75, 3.05) is 18.8 Å². The number of carbonyl (C=O) groups is 2. The van der Waals surface area contributed by atoms with Gasteiger partial charge in [-0.15, -0.1) is 0 Å². The number of likely N-dealkylation sites (tertiary alicyclic amines) is 1. The summed E-state index contributed by atoms with van der Waals surface area (Å²) in [5, 5.41) is 9.03. The molecule has 0 aliphatic carbocycles. The Labute approximate surface area is 119 Å². The Morgan fingerprint density at radius 3 is 2.74 bits per heavy atom. The fraction of sp³-hybridized carbons (Fsp3) is 0.385. The van der Waals surface area contributed by atoms with Crippen molar-refractivity contribution in [3.8, 4) is 0 Å². The molecule has 1 atom stereocenters. The molecule has 0 spiro atoms. The van der Waals surface area contributed by atoms with Gasteiger partial charge in [-0.3, -0.25) is 9.59 Å². The molecule has 1 aliphatic heterocycles. The number of nitrogens with two attached hydrogens (primary N) is 1. The van der Waals surface area contributed by atoms with E-state index < -0.39 is 11.9 Å². The van der Waals surface area contributed by atoms with Crippen LogP contribution in [0.15, 0.2) is 22.7 Å². The van der Waals surface area contributed by atoms with Crippen LogP contribution in [0.4, 0.5) is 5.69 Å². The summed E-state index contributed by atoms with van der Waals surface area (Å²) in [5.41, 5.74) is 6.70. The van der Waals surface area contributed by atoms with Crippen LogP contribution in [-0.2, 0) is 4.79 Å². The summed E-state index contributed by atoms with van der Waals surface area (Å²) in [7, 11) is 0. The number of carboxylic acids is 1. The summed E-state index contributed by atoms with van der Waals surface area (Å²) < 4.78 is 0.739. The molecule has 0 radical (unpaired) electrons. The number of nitrogen functional groups attached to an aromatic ring is 1. The molecule has 0 unspecified atom stereocenters. The molecule has 0 bridgehead atoms. The summed E-state index contributed by atoms with van der Waals surface area (Å²) in [4.78, 5) is 24.9. The average Bonchev–Trinajstić information content (AvgIpc) is 2.37. The van der Waals surface area contributed by atoms with Gasteiger partial charge in [0, 0.05) is 28.8 Å². The highest BCUT2D eigenvalue weighted by atomic mass is 79.9. The second kappa shape index (κ2) is 5.61. The standard InChI is InChI=1S/C13H15BrN2O3/c14-10-4-9(5-11(15)6-10)12(17)16-3-1-2-8(7-16)13(18)19/h4-6,8H,1-3,7,15H2,(H,18,19)/t8-/m1/s1.